The van der Waals surface area contributed by atoms with Gasteiger partial charge in [0.2, 0.25) is 0 Å². The standard InChI is InChI=1S/C14H18N2/c1-11-9-15(3)7-5-13(11)14-6-8-16(4)10-12(14)2/h5-10H,1-4H3/q+2. The fourth-order valence-corrected chi connectivity index (χ4v) is 2.09. The van der Waals surface area contributed by atoms with Crippen LogP contribution in [0.3, 0.4) is 0 Å². The Morgan fingerprint density at radius 3 is 1.44 bits per heavy atom. The first-order valence-corrected chi connectivity index (χ1v) is 5.50. The van der Waals surface area contributed by atoms with Gasteiger partial charge in [-0.15, -0.1) is 0 Å². The van der Waals surface area contributed by atoms with Crippen LogP contribution in [0.1, 0.15) is 11.1 Å². The molecule has 0 aromatic carbocycles. The highest BCUT2D eigenvalue weighted by Crippen LogP contribution is 2.23. The summed E-state index contributed by atoms with van der Waals surface area (Å²) in [5.74, 6) is 0. The number of pyridine rings is 2. The van der Waals surface area contributed by atoms with Crippen molar-refractivity contribution < 1.29 is 9.13 Å². The van der Waals surface area contributed by atoms with Crippen LogP contribution in [0.25, 0.3) is 11.1 Å². The molecule has 2 heterocycles. The van der Waals surface area contributed by atoms with E-state index in [0.717, 1.165) is 0 Å². The molecule has 0 spiro atoms. The van der Waals surface area contributed by atoms with Crippen LogP contribution in [0.5, 0.6) is 0 Å². The molecule has 2 rings (SSSR count). The SMILES string of the molecule is Cc1c[n+](C)ccc1-c1cc[n+](C)cc1C. The molecular weight excluding hydrogens is 196 g/mol. The third-order valence-electron chi connectivity index (χ3n) is 2.89. The van der Waals surface area contributed by atoms with Gasteiger partial charge in [-0.25, -0.2) is 9.13 Å². The number of hydrogen-bond acceptors (Lipinski definition) is 0. The Hall–Kier alpha value is -1.70. The van der Waals surface area contributed by atoms with Crippen molar-refractivity contribution in [3.63, 3.8) is 0 Å². The summed E-state index contributed by atoms with van der Waals surface area (Å²) in [4.78, 5) is 0. The Morgan fingerprint density at radius 2 is 1.12 bits per heavy atom. The van der Waals surface area contributed by atoms with Gasteiger partial charge in [0, 0.05) is 23.3 Å². The zero-order valence-corrected chi connectivity index (χ0v) is 10.4. The molecule has 0 bridgehead atoms. The number of nitrogens with zero attached hydrogens (tertiary/aromatic N) is 2. The minimum Gasteiger partial charge on any atom is -0.207 e. The molecule has 0 saturated heterocycles. The highest BCUT2D eigenvalue weighted by Gasteiger charge is 2.10. The highest BCUT2D eigenvalue weighted by atomic mass is 14.9. The van der Waals surface area contributed by atoms with Gasteiger partial charge < -0.3 is 0 Å². The Balaban J connectivity index is 2.59. The first kappa shape index (κ1) is 10.8. The fraction of sp³-hybridized carbons (Fsp3) is 0.286. The quantitative estimate of drug-likeness (QED) is 0.637. The van der Waals surface area contributed by atoms with Gasteiger partial charge in [-0.1, -0.05) is 0 Å². The van der Waals surface area contributed by atoms with Gasteiger partial charge in [0.15, 0.2) is 24.8 Å². The van der Waals surface area contributed by atoms with Crippen molar-refractivity contribution in [2.45, 2.75) is 13.8 Å². The van der Waals surface area contributed by atoms with E-state index in [4.69, 9.17) is 0 Å². The molecule has 0 aliphatic carbocycles. The molecule has 2 heteroatoms. The Bertz CT molecular complexity index is 481. The van der Waals surface area contributed by atoms with Crippen molar-refractivity contribution in [3.05, 3.63) is 48.0 Å². The van der Waals surface area contributed by atoms with Crippen LogP contribution >= 0.6 is 0 Å². The maximum atomic E-state index is 2.18. The smallest absolute Gasteiger partial charge is 0.172 e. The van der Waals surface area contributed by atoms with E-state index in [1.165, 1.54) is 22.3 Å². The van der Waals surface area contributed by atoms with E-state index in [1.807, 2.05) is 0 Å². The van der Waals surface area contributed by atoms with Gasteiger partial charge in [-0.2, -0.15) is 0 Å². The predicted octanol–water partition coefficient (Wildman–Crippen LogP) is 1.62. The zero-order valence-electron chi connectivity index (χ0n) is 10.4. The summed E-state index contributed by atoms with van der Waals surface area (Å²) in [7, 11) is 4.10. The van der Waals surface area contributed by atoms with Gasteiger partial charge in [0.1, 0.15) is 14.1 Å². The van der Waals surface area contributed by atoms with Gasteiger partial charge in [-0.3, -0.25) is 0 Å². The normalized spacial score (nSPS) is 10.5. The van der Waals surface area contributed by atoms with Gasteiger partial charge in [-0.05, 0) is 25.0 Å². The van der Waals surface area contributed by atoms with Gasteiger partial charge in [0.25, 0.3) is 0 Å². The maximum Gasteiger partial charge on any atom is 0.172 e. The second-order valence-corrected chi connectivity index (χ2v) is 4.41. The van der Waals surface area contributed by atoms with Crippen molar-refractivity contribution in [1.29, 1.82) is 0 Å². The Labute approximate surface area is 96.8 Å². The second kappa shape index (κ2) is 4.05. The molecule has 0 amide bonds. The second-order valence-electron chi connectivity index (χ2n) is 4.41. The van der Waals surface area contributed by atoms with Crippen LogP contribution < -0.4 is 9.13 Å². The lowest BCUT2D eigenvalue weighted by Gasteiger charge is -2.06. The minimum absolute atomic E-state index is 1.31. The lowest BCUT2D eigenvalue weighted by Crippen LogP contribution is -2.28. The molecule has 0 aliphatic rings. The van der Waals surface area contributed by atoms with Crippen molar-refractivity contribution in [2.24, 2.45) is 14.1 Å². The Kier molecular flexibility index (Phi) is 2.73. The largest absolute Gasteiger partial charge is 0.207 e. The number of rotatable bonds is 1. The van der Waals surface area contributed by atoms with Crippen molar-refractivity contribution >= 4 is 0 Å². The molecule has 0 atom stereocenters. The zero-order chi connectivity index (χ0) is 11.7. The third-order valence-corrected chi connectivity index (χ3v) is 2.89. The summed E-state index contributed by atoms with van der Waals surface area (Å²) in [5, 5.41) is 0. The number of aromatic nitrogens is 2. The first-order chi connectivity index (χ1) is 7.58. The maximum absolute atomic E-state index is 2.18. The van der Waals surface area contributed by atoms with Crippen molar-refractivity contribution in [2.75, 3.05) is 0 Å². The lowest BCUT2D eigenvalue weighted by atomic mass is 10.00. The van der Waals surface area contributed by atoms with Crippen LogP contribution in [0.2, 0.25) is 0 Å². The molecular formula is C14H18N2+2. The summed E-state index contributed by atoms with van der Waals surface area (Å²) in [6.45, 7) is 4.31. The summed E-state index contributed by atoms with van der Waals surface area (Å²) in [5.41, 5.74) is 5.25. The average molecular weight is 214 g/mol. The number of aryl methyl sites for hydroxylation is 4. The molecule has 0 fully saturated rings. The molecule has 2 aromatic rings. The molecule has 0 N–H and O–H groups in total. The number of hydrogen-bond donors (Lipinski definition) is 0. The molecule has 0 aliphatic heterocycles. The van der Waals surface area contributed by atoms with E-state index in [-0.39, 0.29) is 0 Å². The van der Waals surface area contributed by atoms with Crippen molar-refractivity contribution in [3.8, 4) is 11.1 Å². The minimum atomic E-state index is 1.31. The van der Waals surface area contributed by atoms with E-state index in [2.05, 4.69) is 74.0 Å². The van der Waals surface area contributed by atoms with E-state index >= 15 is 0 Å². The fourth-order valence-electron chi connectivity index (χ4n) is 2.09. The van der Waals surface area contributed by atoms with Crippen LogP contribution in [-0.2, 0) is 14.1 Å². The molecule has 2 nitrogen and oxygen atoms in total. The topological polar surface area (TPSA) is 7.76 Å². The summed E-state index contributed by atoms with van der Waals surface area (Å²) in [6, 6.07) is 4.36. The van der Waals surface area contributed by atoms with Crippen LogP contribution in [0.4, 0.5) is 0 Å². The average Bonchev–Trinajstić information content (AvgIpc) is 2.19. The Morgan fingerprint density at radius 1 is 0.750 bits per heavy atom. The third kappa shape index (κ3) is 1.96. The van der Waals surface area contributed by atoms with Crippen molar-refractivity contribution in [1.82, 2.24) is 0 Å². The van der Waals surface area contributed by atoms with E-state index in [0.29, 0.717) is 0 Å². The van der Waals surface area contributed by atoms with Gasteiger partial charge >= 0.3 is 0 Å². The summed E-state index contributed by atoms with van der Waals surface area (Å²) < 4.78 is 4.16. The van der Waals surface area contributed by atoms with E-state index in [1.54, 1.807) is 0 Å². The summed E-state index contributed by atoms with van der Waals surface area (Å²) >= 11 is 0. The summed E-state index contributed by atoms with van der Waals surface area (Å²) in [6.07, 6.45) is 8.49. The molecule has 82 valence electrons. The van der Waals surface area contributed by atoms with E-state index < -0.39 is 0 Å². The highest BCUT2D eigenvalue weighted by molar-refractivity contribution is 5.68. The molecule has 0 unspecified atom stereocenters. The molecule has 0 radical (unpaired) electrons. The molecule has 16 heavy (non-hydrogen) atoms. The first-order valence-electron chi connectivity index (χ1n) is 5.50. The molecule has 2 aromatic heterocycles. The van der Waals surface area contributed by atoms with Crippen LogP contribution in [0.15, 0.2) is 36.9 Å². The van der Waals surface area contributed by atoms with Gasteiger partial charge in [0.05, 0.1) is 0 Å². The lowest BCUT2D eigenvalue weighted by molar-refractivity contribution is -0.672. The van der Waals surface area contributed by atoms with Crippen LogP contribution in [-0.4, -0.2) is 0 Å². The monoisotopic (exact) mass is 214 g/mol. The van der Waals surface area contributed by atoms with E-state index in [9.17, 15) is 0 Å². The molecule has 0 saturated carbocycles. The van der Waals surface area contributed by atoms with Crippen LogP contribution in [0, 0.1) is 13.8 Å². The predicted molar refractivity (Wildman–Crippen MR) is 63.7 cm³/mol.